The highest BCUT2D eigenvalue weighted by atomic mass is 16.6. The van der Waals surface area contributed by atoms with E-state index < -0.39 is 0 Å². The van der Waals surface area contributed by atoms with Crippen LogP contribution < -0.4 is 5.32 Å². The van der Waals surface area contributed by atoms with Gasteiger partial charge in [0.2, 0.25) is 0 Å². The normalized spacial score (nSPS) is 33.3. The van der Waals surface area contributed by atoms with Gasteiger partial charge in [0.1, 0.15) is 18.3 Å². The molecule has 0 amide bonds. The minimum atomic E-state index is -0.138. The van der Waals surface area contributed by atoms with Crippen LogP contribution in [0, 0.1) is 0 Å². The van der Waals surface area contributed by atoms with Crippen LogP contribution in [-0.2, 0) is 18.9 Å². The van der Waals surface area contributed by atoms with E-state index in [1.54, 1.807) is 0 Å². The molecule has 2 saturated heterocycles. The summed E-state index contributed by atoms with van der Waals surface area (Å²) in [6.45, 7) is 9.36. The second-order valence-corrected chi connectivity index (χ2v) is 7.83. The molecule has 2 aliphatic rings. The third-order valence-electron chi connectivity index (χ3n) is 5.50. The molecule has 2 rings (SSSR count). The average Bonchev–Trinajstić information content (AvgIpc) is 3.10. The summed E-state index contributed by atoms with van der Waals surface area (Å²) in [5.74, 6) is 0. The van der Waals surface area contributed by atoms with Gasteiger partial charge < -0.3 is 29.4 Å². The molecule has 0 spiro atoms. The smallest absolute Gasteiger partial charge is 0.114 e. The van der Waals surface area contributed by atoms with Gasteiger partial charge in [0.05, 0.1) is 25.4 Å². The highest BCUT2D eigenvalue weighted by molar-refractivity contribution is 5.04. The van der Waals surface area contributed by atoms with Crippen molar-refractivity contribution in [1.82, 2.24) is 5.32 Å². The minimum absolute atomic E-state index is 0.0413. The van der Waals surface area contributed by atoms with Crippen molar-refractivity contribution in [3.63, 3.8) is 0 Å². The number of nitrogens with one attached hydrogen (secondary N) is 1. The van der Waals surface area contributed by atoms with E-state index >= 15 is 0 Å². The predicted octanol–water partition coefficient (Wildman–Crippen LogP) is 2.66. The van der Waals surface area contributed by atoms with E-state index in [9.17, 15) is 5.11 Å². The molecule has 160 valence electrons. The van der Waals surface area contributed by atoms with E-state index in [-0.39, 0.29) is 43.1 Å². The van der Waals surface area contributed by atoms with Gasteiger partial charge in [-0.05, 0) is 25.7 Å². The van der Waals surface area contributed by atoms with Gasteiger partial charge >= 0.3 is 0 Å². The molecule has 3 unspecified atom stereocenters. The first kappa shape index (κ1) is 23.0. The zero-order valence-electron chi connectivity index (χ0n) is 17.5. The van der Waals surface area contributed by atoms with E-state index in [0.717, 1.165) is 58.2 Å². The third-order valence-corrected chi connectivity index (χ3v) is 5.50. The standard InChI is InChI=1S/C21H41NO5/c1-4-7-10-24-15-18-20(25-11-8-5-2)21(26-12-9-6-3)19-17(27-18)13-16(14-23)22-19/h16-23H,4-15H2,1-3H3/t16-,17+,18?,19?,20+,21?/m0/s1. The van der Waals surface area contributed by atoms with Gasteiger partial charge in [0.25, 0.3) is 0 Å². The van der Waals surface area contributed by atoms with Crippen LogP contribution in [0.1, 0.15) is 65.7 Å². The van der Waals surface area contributed by atoms with Crippen molar-refractivity contribution in [3.8, 4) is 0 Å². The number of hydrogen-bond donors (Lipinski definition) is 2. The Bertz CT molecular complexity index is 384. The first-order valence-electron chi connectivity index (χ1n) is 11.1. The predicted molar refractivity (Wildman–Crippen MR) is 106 cm³/mol. The molecule has 0 aromatic rings. The first-order chi connectivity index (χ1) is 13.2. The molecule has 6 atom stereocenters. The number of aliphatic hydroxyl groups is 1. The first-order valence-corrected chi connectivity index (χ1v) is 11.1. The summed E-state index contributed by atoms with van der Waals surface area (Å²) in [7, 11) is 0. The second-order valence-electron chi connectivity index (χ2n) is 7.83. The van der Waals surface area contributed by atoms with E-state index in [0.29, 0.717) is 13.2 Å². The molecule has 2 N–H and O–H groups in total. The number of aliphatic hydroxyl groups excluding tert-OH is 1. The van der Waals surface area contributed by atoms with Crippen LogP contribution in [0.15, 0.2) is 0 Å². The quantitative estimate of drug-likeness (QED) is 0.447. The van der Waals surface area contributed by atoms with Crippen LogP contribution >= 0.6 is 0 Å². The van der Waals surface area contributed by atoms with Gasteiger partial charge in [-0.2, -0.15) is 0 Å². The summed E-state index contributed by atoms with van der Waals surface area (Å²) in [6, 6.07) is 0.130. The van der Waals surface area contributed by atoms with Gasteiger partial charge in [-0.15, -0.1) is 0 Å². The molecule has 2 fully saturated rings. The van der Waals surface area contributed by atoms with Crippen LogP contribution in [0.2, 0.25) is 0 Å². The molecule has 0 aliphatic carbocycles. The van der Waals surface area contributed by atoms with E-state index in [4.69, 9.17) is 18.9 Å². The van der Waals surface area contributed by atoms with Crippen LogP contribution in [0.25, 0.3) is 0 Å². The molecule has 0 aromatic heterocycles. The fourth-order valence-electron chi connectivity index (χ4n) is 3.87. The SMILES string of the molecule is CCCCOCC1O[C@@H]2C[C@@H](CO)NC2C(OCCCC)[C@@H]1OCCCC. The maximum atomic E-state index is 9.60. The molecule has 2 heterocycles. The molecular formula is C21H41NO5. The average molecular weight is 388 g/mol. The molecule has 6 nitrogen and oxygen atoms in total. The van der Waals surface area contributed by atoms with Crippen molar-refractivity contribution >= 4 is 0 Å². The number of fused-ring (bicyclic) bond motifs is 1. The Morgan fingerprint density at radius 2 is 1.56 bits per heavy atom. The van der Waals surface area contributed by atoms with Crippen molar-refractivity contribution in [3.05, 3.63) is 0 Å². The summed E-state index contributed by atoms with van der Waals surface area (Å²) in [6.07, 6.45) is 6.98. The fourth-order valence-corrected chi connectivity index (χ4v) is 3.87. The molecule has 2 aliphatic heterocycles. The monoisotopic (exact) mass is 387 g/mol. The second kappa shape index (κ2) is 13.1. The zero-order chi connectivity index (χ0) is 19.5. The van der Waals surface area contributed by atoms with Gasteiger partial charge in [-0.1, -0.05) is 40.0 Å². The number of rotatable bonds is 14. The summed E-state index contributed by atoms with van der Waals surface area (Å²) in [5.41, 5.74) is 0. The van der Waals surface area contributed by atoms with Crippen LogP contribution in [0.3, 0.4) is 0 Å². The summed E-state index contributed by atoms with van der Waals surface area (Å²) in [4.78, 5) is 0. The van der Waals surface area contributed by atoms with Crippen molar-refractivity contribution in [1.29, 1.82) is 0 Å². The minimum Gasteiger partial charge on any atom is -0.395 e. The molecule has 6 heteroatoms. The molecule has 0 saturated carbocycles. The van der Waals surface area contributed by atoms with Crippen molar-refractivity contribution in [2.24, 2.45) is 0 Å². The molecular weight excluding hydrogens is 346 g/mol. The summed E-state index contributed by atoms with van der Waals surface area (Å²) in [5, 5.41) is 13.1. The van der Waals surface area contributed by atoms with Crippen LogP contribution in [-0.4, -0.2) is 74.6 Å². The largest absolute Gasteiger partial charge is 0.395 e. The molecule has 27 heavy (non-hydrogen) atoms. The van der Waals surface area contributed by atoms with Gasteiger partial charge in [-0.25, -0.2) is 0 Å². The van der Waals surface area contributed by atoms with E-state index in [1.807, 2.05) is 0 Å². The van der Waals surface area contributed by atoms with Gasteiger partial charge in [0, 0.05) is 25.9 Å². The Morgan fingerprint density at radius 1 is 0.926 bits per heavy atom. The topological polar surface area (TPSA) is 69.2 Å². The summed E-state index contributed by atoms with van der Waals surface area (Å²) >= 11 is 0. The number of ether oxygens (including phenoxy) is 4. The molecule has 0 bridgehead atoms. The van der Waals surface area contributed by atoms with Crippen molar-refractivity contribution < 1.29 is 24.1 Å². The van der Waals surface area contributed by atoms with Crippen LogP contribution in [0.5, 0.6) is 0 Å². The van der Waals surface area contributed by atoms with Crippen LogP contribution in [0.4, 0.5) is 0 Å². The summed E-state index contributed by atoms with van der Waals surface area (Å²) < 4.78 is 24.9. The highest BCUT2D eigenvalue weighted by Crippen LogP contribution is 2.32. The molecule has 0 radical (unpaired) electrons. The van der Waals surface area contributed by atoms with E-state index in [1.165, 1.54) is 0 Å². The van der Waals surface area contributed by atoms with E-state index in [2.05, 4.69) is 26.1 Å². The third kappa shape index (κ3) is 6.94. The number of hydrogen-bond acceptors (Lipinski definition) is 6. The lowest BCUT2D eigenvalue weighted by Crippen LogP contribution is -2.62. The Morgan fingerprint density at radius 3 is 2.19 bits per heavy atom. The lowest BCUT2D eigenvalue weighted by atomic mass is 9.93. The maximum absolute atomic E-state index is 9.60. The Hall–Kier alpha value is -0.240. The van der Waals surface area contributed by atoms with Gasteiger partial charge in [0.15, 0.2) is 0 Å². The van der Waals surface area contributed by atoms with Crippen molar-refractivity contribution in [2.45, 2.75) is 102 Å². The number of unbranched alkanes of at least 4 members (excludes halogenated alkanes) is 3. The Balaban J connectivity index is 2.06. The zero-order valence-corrected chi connectivity index (χ0v) is 17.5. The highest BCUT2D eigenvalue weighted by Gasteiger charge is 2.51. The Labute approximate surface area is 165 Å². The molecule has 0 aromatic carbocycles. The lowest BCUT2D eigenvalue weighted by Gasteiger charge is -2.44. The fraction of sp³-hybridized carbons (Fsp3) is 1.00. The Kier molecular flexibility index (Phi) is 11.2. The lowest BCUT2D eigenvalue weighted by molar-refractivity contribution is -0.219. The maximum Gasteiger partial charge on any atom is 0.114 e. The van der Waals surface area contributed by atoms with Gasteiger partial charge in [-0.3, -0.25) is 0 Å². The van der Waals surface area contributed by atoms with Crippen molar-refractivity contribution in [2.75, 3.05) is 33.0 Å².